The van der Waals surface area contributed by atoms with Crippen LogP contribution in [0.4, 0.5) is 10.5 Å². The minimum Gasteiger partial charge on any atom is -0.478 e. The monoisotopic (exact) mass is 286 g/mol. The lowest BCUT2D eigenvalue weighted by atomic mass is 10.2. The summed E-state index contributed by atoms with van der Waals surface area (Å²) in [6, 6.07) is 7.22. The highest BCUT2D eigenvalue weighted by Crippen LogP contribution is 2.09. The molecule has 0 aliphatic carbocycles. The van der Waals surface area contributed by atoms with E-state index in [-0.39, 0.29) is 12.1 Å². The standard InChI is InChI=1S/C14H14N4O3/c1-9-15-7-6-12(17-9)8-16-14(21)18-11-4-2-10(3-5-11)13(19)20/h2-7H,8H2,1H3,(H,19,20)(H2,16,18,21). The van der Waals surface area contributed by atoms with Crippen LogP contribution in [-0.4, -0.2) is 27.1 Å². The molecule has 2 aromatic rings. The number of carbonyl (C=O) groups excluding carboxylic acids is 1. The number of aryl methyl sites for hydroxylation is 1. The molecule has 2 amide bonds. The average molecular weight is 286 g/mol. The van der Waals surface area contributed by atoms with Gasteiger partial charge in [0, 0.05) is 11.9 Å². The van der Waals surface area contributed by atoms with Crippen molar-refractivity contribution in [2.75, 3.05) is 5.32 Å². The Labute approximate surface area is 121 Å². The van der Waals surface area contributed by atoms with E-state index in [0.29, 0.717) is 17.2 Å². The van der Waals surface area contributed by atoms with Crippen molar-refractivity contribution >= 4 is 17.7 Å². The van der Waals surface area contributed by atoms with Crippen LogP contribution < -0.4 is 10.6 Å². The summed E-state index contributed by atoms with van der Waals surface area (Å²) >= 11 is 0. The Morgan fingerprint density at radius 2 is 1.90 bits per heavy atom. The summed E-state index contributed by atoms with van der Waals surface area (Å²) in [6.07, 6.45) is 1.63. The number of hydrogen-bond acceptors (Lipinski definition) is 4. The van der Waals surface area contributed by atoms with Gasteiger partial charge in [0.15, 0.2) is 0 Å². The van der Waals surface area contributed by atoms with Gasteiger partial charge in [-0.1, -0.05) is 0 Å². The minimum absolute atomic E-state index is 0.164. The molecule has 108 valence electrons. The Hall–Kier alpha value is -2.96. The molecule has 7 heteroatoms. The predicted octanol–water partition coefficient (Wildman–Crippen LogP) is 1.80. The maximum absolute atomic E-state index is 11.7. The molecule has 1 heterocycles. The van der Waals surface area contributed by atoms with Crippen molar-refractivity contribution in [2.24, 2.45) is 0 Å². The Morgan fingerprint density at radius 1 is 1.19 bits per heavy atom. The second-order valence-corrected chi connectivity index (χ2v) is 4.29. The molecule has 3 N–H and O–H groups in total. The summed E-state index contributed by atoms with van der Waals surface area (Å²) in [7, 11) is 0. The van der Waals surface area contributed by atoms with E-state index in [1.807, 2.05) is 0 Å². The summed E-state index contributed by atoms with van der Waals surface area (Å²) in [5, 5.41) is 14.0. The summed E-state index contributed by atoms with van der Waals surface area (Å²) in [5.41, 5.74) is 1.38. The molecule has 0 saturated heterocycles. The molecule has 0 radical (unpaired) electrons. The van der Waals surface area contributed by atoms with Gasteiger partial charge in [0.2, 0.25) is 0 Å². The molecule has 2 rings (SSSR count). The molecule has 0 spiro atoms. The fraction of sp³-hybridized carbons (Fsp3) is 0.143. The maximum Gasteiger partial charge on any atom is 0.335 e. The van der Waals surface area contributed by atoms with Crippen LogP contribution in [0, 0.1) is 6.92 Å². The quantitative estimate of drug-likeness (QED) is 0.795. The van der Waals surface area contributed by atoms with Gasteiger partial charge in [-0.3, -0.25) is 0 Å². The third-order valence-corrected chi connectivity index (χ3v) is 2.65. The first-order chi connectivity index (χ1) is 10.0. The normalized spacial score (nSPS) is 9.95. The molecule has 21 heavy (non-hydrogen) atoms. The van der Waals surface area contributed by atoms with Gasteiger partial charge < -0.3 is 15.7 Å². The zero-order valence-electron chi connectivity index (χ0n) is 11.3. The van der Waals surface area contributed by atoms with Crippen molar-refractivity contribution in [3.05, 3.63) is 53.6 Å². The number of carbonyl (C=O) groups is 2. The zero-order chi connectivity index (χ0) is 15.2. The number of carboxylic acid groups (broad SMARTS) is 1. The fourth-order valence-electron chi connectivity index (χ4n) is 1.65. The van der Waals surface area contributed by atoms with Crippen molar-refractivity contribution in [3.8, 4) is 0 Å². The SMILES string of the molecule is Cc1nccc(CNC(=O)Nc2ccc(C(=O)O)cc2)n1. The van der Waals surface area contributed by atoms with E-state index in [1.54, 1.807) is 19.2 Å². The van der Waals surface area contributed by atoms with E-state index < -0.39 is 12.0 Å². The van der Waals surface area contributed by atoms with Crippen molar-refractivity contribution in [2.45, 2.75) is 13.5 Å². The lowest BCUT2D eigenvalue weighted by molar-refractivity contribution is 0.0697. The molecule has 0 aliphatic rings. The van der Waals surface area contributed by atoms with E-state index in [0.717, 1.165) is 0 Å². The van der Waals surface area contributed by atoms with Crippen molar-refractivity contribution in [3.63, 3.8) is 0 Å². The van der Waals surface area contributed by atoms with Gasteiger partial charge in [0.25, 0.3) is 0 Å². The van der Waals surface area contributed by atoms with Crippen LogP contribution in [-0.2, 0) is 6.54 Å². The van der Waals surface area contributed by atoms with Gasteiger partial charge in [-0.15, -0.1) is 0 Å². The minimum atomic E-state index is -1.01. The average Bonchev–Trinajstić information content (AvgIpc) is 2.46. The van der Waals surface area contributed by atoms with E-state index in [9.17, 15) is 9.59 Å². The van der Waals surface area contributed by atoms with Gasteiger partial charge in [-0.2, -0.15) is 0 Å². The van der Waals surface area contributed by atoms with E-state index >= 15 is 0 Å². The van der Waals surface area contributed by atoms with Crippen molar-refractivity contribution < 1.29 is 14.7 Å². The van der Waals surface area contributed by atoms with Gasteiger partial charge in [-0.25, -0.2) is 19.6 Å². The van der Waals surface area contributed by atoms with E-state index in [2.05, 4.69) is 20.6 Å². The molecule has 0 aliphatic heterocycles. The van der Waals surface area contributed by atoms with Crippen LogP contribution >= 0.6 is 0 Å². The summed E-state index contributed by atoms with van der Waals surface area (Å²) in [5.74, 6) is -0.371. The van der Waals surface area contributed by atoms with Crippen molar-refractivity contribution in [1.29, 1.82) is 0 Å². The lowest BCUT2D eigenvalue weighted by Crippen LogP contribution is -2.28. The number of hydrogen-bond donors (Lipinski definition) is 3. The molecule has 1 aromatic heterocycles. The first kappa shape index (κ1) is 14.4. The number of rotatable bonds is 4. The molecule has 0 bridgehead atoms. The smallest absolute Gasteiger partial charge is 0.335 e. The van der Waals surface area contributed by atoms with E-state index in [1.165, 1.54) is 24.3 Å². The van der Waals surface area contributed by atoms with Gasteiger partial charge >= 0.3 is 12.0 Å². The van der Waals surface area contributed by atoms with E-state index in [4.69, 9.17) is 5.11 Å². The number of nitrogens with zero attached hydrogens (tertiary/aromatic N) is 2. The van der Waals surface area contributed by atoms with Crippen LogP contribution in [0.5, 0.6) is 0 Å². The van der Waals surface area contributed by atoms with Crippen LogP contribution in [0.25, 0.3) is 0 Å². The summed E-state index contributed by atoms with van der Waals surface area (Å²) in [6.45, 7) is 2.05. The Morgan fingerprint density at radius 3 is 2.52 bits per heavy atom. The second kappa shape index (κ2) is 6.47. The Balaban J connectivity index is 1.88. The highest BCUT2D eigenvalue weighted by atomic mass is 16.4. The predicted molar refractivity (Wildman–Crippen MR) is 76.0 cm³/mol. The number of anilines is 1. The molecular formula is C14H14N4O3. The highest BCUT2D eigenvalue weighted by molar-refractivity contribution is 5.91. The second-order valence-electron chi connectivity index (χ2n) is 4.29. The number of carboxylic acids is 1. The number of benzene rings is 1. The molecule has 0 atom stereocenters. The lowest BCUT2D eigenvalue weighted by Gasteiger charge is -2.07. The third kappa shape index (κ3) is 4.27. The zero-order valence-corrected chi connectivity index (χ0v) is 11.3. The number of aromatic carboxylic acids is 1. The fourth-order valence-corrected chi connectivity index (χ4v) is 1.65. The van der Waals surface area contributed by atoms with Gasteiger partial charge in [0.1, 0.15) is 5.82 Å². The van der Waals surface area contributed by atoms with Crippen LogP contribution in [0.15, 0.2) is 36.5 Å². The van der Waals surface area contributed by atoms with Crippen LogP contribution in [0.2, 0.25) is 0 Å². The number of urea groups is 1. The number of nitrogens with one attached hydrogen (secondary N) is 2. The molecule has 0 unspecified atom stereocenters. The molecular weight excluding hydrogens is 272 g/mol. The maximum atomic E-state index is 11.7. The topological polar surface area (TPSA) is 104 Å². The molecule has 7 nitrogen and oxygen atoms in total. The first-order valence-corrected chi connectivity index (χ1v) is 6.21. The third-order valence-electron chi connectivity index (χ3n) is 2.65. The highest BCUT2D eigenvalue weighted by Gasteiger charge is 2.05. The first-order valence-electron chi connectivity index (χ1n) is 6.21. The van der Waals surface area contributed by atoms with Gasteiger partial charge in [0.05, 0.1) is 17.8 Å². The summed E-state index contributed by atoms with van der Waals surface area (Å²) in [4.78, 5) is 30.6. The van der Waals surface area contributed by atoms with Crippen molar-refractivity contribution in [1.82, 2.24) is 15.3 Å². The van der Waals surface area contributed by atoms with Crippen LogP contribution in [0.1, 0.15) is 21.9 Å². The summed E-state index contributed by atoms with van der Waals surface area (Å²) < 4.78 is 0. The number of amides is 2. The molecule has 0 fully saturated rings. The largest absolute Gasteiger partial charge is 0.478 e. The Kier molecular flexibility index (Phi) is 4.45. The Bertz CT molecular complexity index is 656. The number of aromatic nitrogens is 2. The van der Waals surface area contributed by atoms with Gasteiger partial charge in [-0.05, 0) is 37.3 Å². The molecule has 0 saturated carbocycles. The molecule has 1 aromatic carbocycles. The van der Waals surface area contributed by atoms with Crippen LogP contribution in [0.3, 0.4) is 0 Å².